The van der Waals surface area contributed by atoms with Crippen LogP contribution in [0, 0.1) is 0 Å². The summed E-state index contributed by atoms with van der Waals surface area (Å²) in [4.78, 5) is 10.4. The largest absolute Gasteiger partial charge is 0.394 e. The van der Waals surface area contributed by atoms with Gasteiger partial charge in [-0.15, -0.1) is 0 Å². The van der Waals surface area contributed by atoms with Gasteiger partial charge in [-0.25, -0.2) is 0 Å². The molecule has 1 amide bonds. The van der Waals surface area contributed by atoms with Crippen molar-refractivity contribution < 1.29 is 30.0 Å². The predicted octanol–water partition coefficient (Wildman–Crippen LogP) is -2.72. The standard InChI is InChI=1S/C6H8N2O.C5H10O5/c7-6(9)5-2-1-3-8-4-5;6-1-2-3(7)4(8)5(9)10-2/h1,3-4,8H,2H2,(H2,7,9);2-9H,1H2/t;2-,3-,4-,5?/m.1/s1. The van der Waals surface area contributed by atoms with Crippen LogP contribution in [-0.2, 0) is 9.53 Å². The number of allylic oxidation sites excluding steroid dienone is 1. The van der Waals surface area contributed by atoms with Crippen LogP contribution in [0.25, 0.3) is 0 Å². The second kappa shape index (κ2) is 7.22. The average molecular weight is 274 g/mol. The maximum atomic E-state index is 10.4. The Morgan fingerprint density at radius 3 is 2.37 bits per heavy atom. The van der Waals surface area contributed by atoms with Gasteiger partial charge in [0.15, 0.2) is 6.29 Å². The Morgan fingerprint density at radius 2 is 2.11 bits per heavy atom. The lowest BCUT2D eigenvalue weighted by molar-refractivity contribution is -0.132. The molecule has 19 heavy (non-hydrogen) atoms. The minimum atomic E-state index is -1.38. The van der Waals surface area contributed by atoms with Crippen LogP contribution in [0.4, 0.5) is 0 Å². The number of aliphatic hydroxyl groups excluding tert-OH is 4. The number of nitrogens with one attached hydrogen (secondary N) is 1. The van der Waals surface area contributed by atoms with Gasteiger partial charge >= 0.3 is 0 Å². The van der Waals surface area contributed by atoms with Crippen molar-refractivity contribution in [1.82, 2.24) is 5.32 Å². The molecular weight excluding hydrogens is 256 g/mol. The molecule has 0 radical (unpaired) electrons. The Kier molecular flexibility index (Phi) is 5.93. The third-order valence-corrected chi connectivity index (χ3v) is 2.64. The number of carbonyl (C=O) groups excluding carboxylic acids is 1. The molecule has 0 spiro atoms. The van der Waals surface area contributed by atoms with Crippen LogP contribution in [0.1, 0.15) is 6.42 Å². The minimum absolute atomic E-state index is 0.355. The molecule has 0 aromatic rings. The SMILES string of the molecule is NC(=O)C1=CNC=CC1.OC[C@H]1OC(O)[C@H](O)[C@@H]1O. The first-order valence-electron chi connectivity index (χ1n) is 5.67. The van der Waals surface area contributed by atoms with E-state index in [2.05, 4.69) is 10.1 Å². The number of primary amides is 1. The molecule has 2 rings (SSSR count). The number of hydrogen-bond acceptors (Lipinski definition) is 7. The Labute approximate surface area is 109 Å². The van der Waals surface area contributed by atoms with Crippen LogP contribution in [0.2, 0.25) is 0 Å². The molecule has 8 nitrogen and oxygen atoms in total. The highest BCUT2D eigenvalue weighted by molar-refractivity contribution is 5.92. The number of dihydropyridines is 1. The van der Waals surface area contributed by atoms with Gasteiger partial charge in [-0.05, 0) is 12.6 Å². The van der Waals surface area contributed by atoms with Crippen molar-refractivity contribution in [2.75, 3.05) is 6.61 Å². The van der Waals surface area contributed by atoms with Crippen LogP contribution in [0.3, 0.4) is 0 Å². The van der Waals surface area contributed by atoms with Crippen molar-refractivity contribution in [2.24, 2.45) is 5.73 Å². The fraction of sp³-hybridized carbons (Fsp3) is 0.545. The maximum Gasteiger partial charge on any atom is 0.246 e. The van der Waals surface area contributed by atoms with Crippen molar-refractivity contribution in [3.63, 3.8) is 0 Å². The monoisotopic (exact) mass is 274 g/mol. The average Bonchev–Trinajstić information content (AvgIpc) is 2.67. The van der Waals surface area contributed by atoms with E-state index in [1.807, 2.05) is 6.08 Å². The Morgan fingerprint density at radius 1 is 1.42 bits per heavy atom. The van der Waals surface area contributed by atoms with Gasteiger partial charge in [-0.2, -0.15) is 0 Å². The van der Waals surface area contributed by atoms with E-state index in [9.17, 15) is 4.79 Å². The molecular formula is C11H18N2O6. The number of nitrogens with two attached hydrogens (primary N) is 1. The molecule has 2 aliphatic rings. The van der Waals surface area contributed by atoms with Gasteiger partial charge in [0.1, 0.15) is 18.3 Å². The van der Waals surface area contributed by atoms with Crippen LogP contribution < -0.4 is 11.1 Å². The highest BCUT2D eigenvalue weighted by Crippen LogP contribution is 2.18. The van der Waals surface area contributed by atoms with Gasteiger partial charge in [0.25, 0.3) is 0 Å². The third-order valence-electron chi connectivity index (χ3n) is 2.64. The number of amides is 1. The molecule has 0 saturated carbocycles. The summed E-state index contributed by atoms with van der Waals surface area (Å²) >= 11 is 0. The highest BCUT2D eigenvalue weighted by Gasteiger charge is 2.41. The summed E-state index contributed by atoms with van der Waals surface area (Å²) in [6.07, 6.45) is 1.12. The van der Waals surface area contributed by atoms with E-state index in [-0.39, 0.29) is 5.91 Å². The lowest BCUT2D eigenvalue weighted by Gasteiger charge is -2.09. The fourth-order valence-corrected chi connectivity index (χ4v) is 1.51. The Balaban J connectivity index is 0.000000191. The number of aliphatic hydroxyl groups is 4. The topological polar surface area (TPSA) is 145 Å². The lowest BCUT2D eigenvalue weighted by atomic mass is 10.1. The van der Waals surface area contributed by atoms with E-state index >= 15 is 0 Å². The summed E-state index contributed by atoms with van der Waals surface area (Å²) < 4.78 is 4.54. The number of carbonyl (C=O) groups is 1. The summed E-state index contributed by atoms with van der Waals surface area (Å²) in [7, 11) is 0. The molecule has 2 heterocycles. The van der Waals surface area contributed by atoms with Crippen LogP contribution in [-0.4, -0.2) is 57.5 Å². The van der Waals surface area contributed by atoms with E-state index < -0.39 is 31.2 Å². The number of ether oxygens (including phenoxy) is 1. The molecule has 8 heteroatoms. The summed E-state index contributed by atoms with van der Waals surface area (Å²) in [6.45, 7) is -0.407. The number of rotatable bonds is 2. The molecule has 1 unspecified atom stereocenters. The molecule has 2 aliphatic heterocycles. The molecule has 0 aromatic carbocycles. The van der Waals surface area contributed by atoms with Crippen molar-refractivity contribution in [3.8, 4) is 0 Å². The van der Waals surface area contributed by atoms with Gasteiger partial charge in [-0.3, -0.25) is 4.79 Å². The predicted molar refractivity (Wildman–Crippen MR) is 64.1 cm³/mol. The fourth-order valence-electron chi connectivity index (χ4n) is 1.51. The highest BCUT2D eigenvalue weighted by atomic mass is 16.6. The van der Waals surface area contributed by atoms with Crippen molar-refractivity contribution in [3.05, 3.63) is 24.0 Å². The number of hydrogen-bond donors (Lipinski definition) is 6. The first-order valence-corrected chi connectivity index (χ1v) is 5.67. The minimum Gasteiger partial charge on any atom is -0.394 e. The first kappa shape index (κ1) is 15.6. The lowest BCUT2D eigenvalue weighted by Crippen LogP contribution is -2.33. The molecule has 0 aliphatic carbocycles. The van der Waals surface area contributed by atoms with Gasteiger partial charge < -0.3 is 36.2 Å². The zero-order valence-corrected chi connectivity index (χ0v) is 10.1. The molecule has 7 N–H and O–H groups in total. The van der Waals surface area contributed by atoms with Gasteiger partial charge in [0.2, 0.25) is 5.91 Å². The van der Waals surface area contributed by atoms with Gasteiger partial charge in [-0.1, -0.05) is 6.08 Å². The van der Waals surface area contributed by atoms with Crippen molar-refractivity contribution in [1.29, 1.82) is 0 Å². The summed E-state index contributed by atoms with van der Waals surface area (Å²) in [6, 6.07) is 0. The molecule has 1 saturated heterocycles. The molecule has 4 atom stereocenters. The summed E-state index contributed by atoms with van der Waals surface area (Å²) in [5.74, 6) is -0.355. The van der Waals surface area contributed by atoms with Crippen LogP contribution in [0.5, 0.6) is 0 Å². The van der Waals surface area contributed by atoms with Gasteiger partial charge in [0.05, 0.1) is 6.61 Å². The summed E-state index contributed by atoms with van der Waals surface area (Å²) in [5, 5.41) is 37.7. The Bertz CT molecular complexity index is 370. The van der Waals surface area contributed by atoms with Crippen molar-refractivity contribution in [2.45, 2.75) is 31.0 Å². The zero-order valence-electron chi connectivity index (χ0n) is 10.1. The zero-order chi connectivity index (χ0) is 14.4. The molecule has 108 valence electrons. The van der Waals surface area contributed by atoms with E-state index in [0.717, 1.165) is 0 Å². The Hall–Kier alpha value is -1.45. The second-order valence-electron chi connectivity index (χ2n) is 4.04. The third kappa shape index (κ3) is 4.30. The quantitative estimate of drug-likeness (QED) is 0.321. The smallest absolute Gasteiger partial charge is 0.246 e. The van der Waals surface area contributed by atoms with E-state index in [1.165, 1.54) is 0 Å². The van der Waals surface area contributed by atoms with Crippen LogP contribution in [0.15, 0.2) is 24.0 Å². The summed E-state index contributed by atoms with van der Waals surface area (Å²) in [5.41, 5.74) is 5.61. The van der Waals surface area contributed by atoms with E-state index in [1.54, 1.807) is 12.4 Å². The normalized spacial score (nSPS) is 32.9. The van der Waals surface area contributed by atoms with E-state index in [0.29, 0.717) is 12.0 Å². The second-order valence-corrected chi connectivity index (χ2v) is 4.04. The molecule has 0 aromatic heterocycles. The van der Waals surface area contributed by atoms with Crippen molar-refractivity contribution >= 4 is 5.91 Å². The molecule has 1 fully saturated rings. The first-order chi connectivity index (χ1) is 8.97. The van der Waals surface area contributed by atoms with Crippen LogP contribution >= 0.6 is 0 Å². The van der Waals surface area contributed by atoms with E-state index in [4.69, 9.17) is 26.2 Å². The van der Waals surface area contributed by atoms with Gasteiger partial charge in [0, 0.05) is 11.8 Å². The maximum absolute atomic E-state index is 10.4. The molecule has 0 bridgehead atoms.